The number of primary amides is 1. The molecule has 1 aliphatic heterocycles. The Hall–Kier alpha value is -5.92. The number of nitrogens with zero attached hydrogens (tertiary/aromatic N) is 1. The number of hydrogen-bond donors (Lipinski definition) is 5. The van der Waals surface area contributed by atoms with Gasteiger partial charge in [-0.3, -0.25) is 33.6 Å². The molecular formula is C41H48F4N4O12. The molecular weight excluding hydrogens is 816 g/mol. The van der Waals surface area contributed by atoms with Crippen LogP contribution in [0, 0.1) is 35.1 Å². The summed E-state index contributed by atoms with van der Waals surface area (Å²) < 4.78 is 68.1. The number of amides is 4. The van der Waals surface area contributed by atoms with E-state index in [0.717, 1.165) is 11.3 Å². The van der Waals surface area contributed by atoms with E-state index in [4.69, 9.17) is 15.2 Å². The SMILES string of the molecule is CCCC(CC(=O)[C@@H]1C[C@@H](O)CN1C(=O)[C@@H](NC(=O)c1c(F)c(F)c(F)c(F)c1C(=O)O)C1CCCCC1)C(=O)C(=O)CCC(=O)NC(C(N)=O)c1cc(OC)cc(OC)c1. The molecule has 6 N–H and O–H groups in total. The number of ether oxygens (including phenoxy) is 2. The highest BCUT2D eigenvalue weighted by atomic mass is 19.2. The van der Waals surface area contributed by atoms with Crippen molar-refractivity contribution in [3.05, 3.63) is 58.2 Å². The van der Waals surface area contributed by atoms with E-state index >= 15 is 0 Å². The van der Waals surface area contributed by atoms with Crippen molar-refractivity contribution < 1.29 is 75.6 Å². The van der Waals surface area contributed by atoms with Crippen molar-refractivity contribution in [3.63, 3.8) is 0 Å². The topological polar surface area (TPSA) is 249 Å². The second-order valence-electron chi connectivity index (χ2n) is 15.0. The number of carbonyl (C=O) groups is 8. The molecule has 0 bridgehead atoms. The van der Waals surface area contributed by atoms with Crippen molar-refractivity contribution in [1.29, 1.82) is 0 Å². The molecule has 2 unspecified atom stereocenters. The van der Waals surface area contributed by atoms with Gasteiger partial charge in [0.15, 0.2) is 34.8 Å². The van der Waals surface area contributed by atoms with Gasteiger partial charge in [-0.25, -0.2) is 22.4 Å². The van der Waals surface area contributed by atoms with Gasteiger partial charge < -0.3 is 41.0 Å². The number of benzene rings is 2. The van der Waals surface area contributed by atoms with Gasteiger partial charge in [-0.1, -0.05) is 32.6 Å². The maximum Gasteiger partial charge on any atom is 0.339 e. The largest absolute Gasteiger partial charge is 0.497 e. The van der Waals surface area contributed by atoms with Crippen LogP contribution in [0.2, 0.25) is 0 Å². The molecule has 4 rings (SSSR count). The van der Waals surface area contributed by atoms with E-state index in [-0.39, 0.29) is 18.4 Å². The fourth-order valence-corrected chi connectivity index (χ4v) is 7.83. The van der Waals surface area contributed by atoms with Crippen molar-refractivity contribution in [2.45, 2.75) is 102 Å². The second-order valence-corrected chi connectivity index (χ2v) is 15.0. The first-order chi connectivity index (χ1) is 28.8. The number of ketones is 3. The zero-order valence-corrected chi connectivity index (χ0v) is 33.7. The van der Waals surface area contributed by atoms with Gasteiger partial charge in [0.1, 0.15) is 29.1 Å². The Labute approximate surface area is 347 Å². The third-order valence-corrected chi connectivity index (χ3v) is 10.9. The number of aliphatic hydroxyl groups is 1. The van der Waals surface area contributed by atoms with Crippen LogP contribution in [0.15, 0.2) is 18.2 Å². The number of methoxy groups -OCH3 is 2. The van der Waals surface area contributed by atoms with Crippen LogP contribution in [-0.2, 0) is 28.8 Å². The average Bonchev–Trinajstić information content (AvgIpc) is 3.64. The van der Waals surface area contributed by atoms with Crippen LogP contribution in [0.1, 0.15) is 110 Å². The standard InChI is InChI=1S/C41H48F4N4O12/c1-4-8-20(37(54)26(51)11-12-28(53)47-35(38(46)55)21-13-23(60-2)17-24(14-21)61-3)15-27(52)25-16-22(50)18-49(25)40(57)36(19-9-6-5-7-10-19)48-39(56)29-30(41(58)59)32(43)34(45)33(44)31(29)42/h13-14,17,19-20,22,25,35-36,50H,4-12,15-16,18H2,1-3H3,(H2,46,55)(H,47,53)(H,48,56)(H,58,59)/t20?,22-,25+,35?,36+/m1/s1. The molecule has 61 heavy (non-hydrogen) atoms. The number of halogens is 4. The van der Waals surface area contributed by atoms with Crippen LogP contribution in [-0.4, -0.2) is 101 Å². The number of carboxylic acid groups (broad SMARTS) is 1. The van der Waals surface area contributed by atoms with Crippen molar-refractivity contribution >= 4 is 46.9 Å². The number of nitrogens with two attached hydrogens (primary N) is 1. The molecule has 0 aromatic heterocycles. The Morgan fingerprint density at radius 2 is 1.44 bits per heavy atom. The molecule has 1 saturated carbocycles. The highest BCUT2D eigenvalue weighted by Gasteiger charge is 2.45. The second kappa shape index (κ2) is 21.0. The van der Waals surface area contributed by atoms with Crippen molar-refractivity contribution in [2.24, 2.45) is 17.6 Å². The lowest BCUT2D eigenvalue weighted by Crippen LogP contribution is -2.55. The number of aromatic carboxylic acids is 1. The molecule has 1 heterocycles. The molecule has 4 amide bonds. The Balaban J connectivity index is 1.50. The quantitative estimate of drug-likeness (QED) is 0.0557. The van der Waals surface area contributed by atoms with E-state index < -0.39 is 143 Å². The van der Waals surface area contributed by atoms with E-state index in [0.29, 0.717) is 43.6 Å². The number of Topliss-reactive ketones (excluding diaryl/α,β-unsaturated/α-hetero) is 3. The molecule has 1 saturated heterocycles. The molecule has 2 aromatic carbocycles. The van der Waals surface area contributed by atoms with Crippen LogP contribution in [0.4, 0.5) is 17.6 Å². The van der Waals surface area contributed by atoms with Crippen molar-refractivity contribution in [3.8, 4) is 11.5 Å². The normalized spacial score (nSPS) is 18.1. The van der Waals surface area contributed by atoms with E-state index in [1.807, 2.05) is 0 Å². The maximum absolute atomic E-state index is 14.9. The summed E-state index contributed by atoms with van der Waals surface area (Å²) in [6.07, 6.45) is -0.481. The number of carboxylic acids is 1. The molecule has 5 atom stereocenters. The van der Waals surface area contributed by atoms with Gasteiger partial charge in [0, 0.05) is 44.2 Å². The molecule has 0 spiro atoms. The summed E-state index contributed by atoms with van der Waals surface area (Å²) in [5.41, 5.74) is 2.25. The fraction of sp³-hybridized carbons (Fsp3) is 0.512. The minimum Gasteiger partial charge on any atom is -0.497 e. The molecule has 332 valence electrons. The van der Waals surface area contributed by atoms with Gasteiger partial charge in [-0.15, -0.1) is 0 Å². The summed E-state index contributed by atoms with van der Waals surface area (Å²) in [7, 11) is 2.75. The maximum atomic E-state index is 14.9. The summed E-state index contributed by atoms with van der Waals surface area (Å²) in [5.74, 6) is -20.4. The Kier molecular flexibility index (Phi) is 16.5. The number of hydrogen-bond acceptors (Lipinski definition) is 11. The van der Waals surface area contributed by atoms with Crippen LogP contribution in [0.25, 0.3) is 0 Å². The van der Waals surface area contributed by atoms with Crippen LogP contribution < -0.4 is 25.8 Å². The lowest BCUT2D eigenvalue weighted by Gasteiger charge is -2.35. The molecule has 1 aliphatic carbocycles. The van der Waals surface area contributed by atoms with Gasteiger partial charge in [0.2, 0.25) is 23.5 Å². The summed E-state index contributed by atoms with van der Waals surface area (Å²) >= 11 is 0. The molecule has 2 fully saturated rings. The summed E-state index contributed by atoms with van der Waals surface area (Å²) in [5, 5.41) is 24.7. The highest BCUT2D eigenvalue weighted by Crippen LogP contribution is 2.32. The Morgan fingerprint density at radius 1 is 0.852 bits per heavy atom. The van der Waals surface area contributed by atoms with Gasteiger partial charge in [0.25, 0.3) is 5.91 Å². The Bertz CT molecular complexity index is 2040. The summed E-state index contributed by atoms with van der Waals surface area (Å²) in [4.78, 5) is 106. The first kappa shape index (κ1) is 47.8. The number of β-amino-alcohol motifs (C(OH)–C–C–N with tert-alkyl or cyclic N) is 1. The summed E-state index contributed by atoms with van der Waals surface area (Å²) in [6, 6.07) is 0.0274. The monoisotopic (exact) mass is 864 g/mol. The van der Waals surface area contributed by atoms with Gasteiger partial charge in [-0.05, 0) is 42.9 Å². The number of likely N-dealkylation sites (tertiary alicyclic amines) is 1. The zero-order chi connectivity index (χ0) is 45.3. The predicted octanol–water partition coefficient (Wildman–Crippen LogP) is 3.24. The van der Waals surface area contributed by atoms with Crippen LogP contribution >= 0.6 is 0 Å². The molecule has 20 heteroatoms. The number of rotatable bonds is 20. The average molecular weight is 865 g/mol. The van der Waals surface area contributed by atoms with Gasteiger partial charge in [0.05, 0.1) is 31.9 Å². The number of carbonyl (C=O) groups excluding carboxylic acids is 7. The molecule has 16 nitrogen and oxygen atoms in total. The van der Waals surface area contributed by atoms with E-state index in [2.05, 4.69) is 10.6 Å². The third kappa shape index (κ3) is 11.3. The smallest absolute Gasteiger partial charge is 0.339 e. The lowest BCUT2D eigenvalue weighted by molar-refractivity contribution is -0.143. The van der Waals surface area contributed by atoms with E-state index in [1.165, 1.54) is 32.4 Å². The zero-order valence-electron chi connectivity index (χ0n) is 33.7. The van der Waals surface area contributed by atoms with E-state index in [1.54, 1.807) is 6.92 Å². The third-order valence-electron chi connectivity index (χ3n) is 10.9. The molecule has 2 aliphatic rings. The lowest BCUT2D eigenvalue weighted by atomic mass is 9.82. The molecule has 0 radical (unpaired) electrons. The minimum absolute atomic E-state index is 0.0379. The minimum atomic E-state index is -2.47. The predicted molar refractivity (Wildman–Crippen MR) is 204 cm³/mol. The van der Waals surface area contributed by atoms with Gasteiger partial charge >= 0.3 is 5.97 Å². The Morgan fingerprint density at radius 3 is 1.98 bits per heavy atom. The number of aliphatic hydroxyl groups excluding tert-OH is 1. The van der Waals surface area contributed by atoms with Crippen LogP contribution in [0.5, 0.6) is 11.5 Å². The van der Waals surface area contributed by atoms with Crippen LogP contribution in [0.3, 0.4) is 0 Å². The molecule has 2 aromatic rings. The van der Waals surface area contributed by atoms with E-state index in [9.17, 15) is 66.1 Å². The first-order valence-electron chi connectivity index (χ1n) is 19.6. The van der Waals surface area contributed by atoms with Crippen molar-refractivity contribution in [2.75, 3.05) is 20.8 Å². The first-order valence-corrected chi connectivity index (χ1v) is 19.6. The van der Waals surface area contributed by atoms with Crippen molar-refractivity contribution in [1.82, 2.24) is 15.5 Å². The summed E-state index contributed by atoms with van der Waals surface area (Å²) in [6.45, 7) is 1.24. The number of nitrogens with one attached hydrogen (secondary N) is 2. The highest BCUT2D eigenvalue weighted by molar-refractivity contribution is 6.38. The fourth-order valence-electron chi connectivity index (χ4n) is 7.83. The van der Waals surface area contributed by atoms with Gasteiger partial charge in [-0.2, -0.15) is 0 Å².